The van der Waals surface area contributed by atoms with Crippen molar-refractivity contribution < 1.29 is 19.4 Å². The summed E-state index contributed by atoms with van der Waals surface area (Å²) >= 11 is 0. The maximum absolute atomic E-state index is 12.4. The molecule has 0 aromatic heterocycles. The van der Waals surface area contributed by atoms with Gasteiger partial charge < -0.3 is 20.5 Å². The van der Waals surface area contributed by atoms with E-state index in [4.69, 9.17) is 9.84 Å². The number of carboxylic acids is 1. The second kappa shape index (κ2) is 11.7. The number of hydrogen-bond donors (Lipinski definition) is 3. The monoisotopic (exact) mass is 391 g/mol. The van der Waals surface area contributed by atoms with Crippen LogP contribution >= 0.6 is 0 Å². The van der Waals surface area contributed by atoms with Crippen LogP contribution in [0.15, 0.2) is 30.3 Å². The molecular formula is C21H33N3O4. The first-order chi connectivity index (χ1) is 13.4. The minimum Gasteiger partial charge on any atom is -0.481 e. The number of carbonyl (C=O) groups excluding carboxylic acids is 1. The van der Waals surface area contributed by atoms with E-state index in [0.29, 0.717) is 31.9 Å². The molecule has 7 nitrogen and oxygen atoms in total. The summed E-state index contributed by atoms with van der Waals surface area (Å²) in [5.74, 6) is -0.260. The Morgan fingerprint density at radius 2 is 2.04 bits per heavy atom. The Bertz CT molecular complexity index is 609. The van der Waals surface area contributed by atoms with Gasteiger partial charge >= 0.3 is 12.0 Å². The van der Waals surface area contributed by atoms with Crippen LogP contribution < -0.4 is 10.6 Å². The van der Waals surface area contributed by atoms with Gasteiger partial charge in [0.25, 0.3) is 0 Å². The average molecular weight is 392 g/mol. The zero-order valence-electron chi connectivity index (χ0n) is 16.9. The first-order valence-electron chi connectivity index (χ1n) is 10.1. The third-order valence-corrected chi connectivity index (χ3v) is 4.70. The minimum absolute atomic E-state index is 0.0215. The zero-order chi connectivity index (χ0) is 20.4. The molecule has 1 heterocycles. The highest BCUT2D eigenvalue weighted by atomic mass is 16.5. The lowest BCUT2D eigenvalue weighted by Gasteiger charge is -2.34. The predicted octanol–water partition coefficient (Wildman–Crippen LogP) is 2.12. The molecule has 3 N–H and O–H groups in total. The van der Waals surface area contributed by atoms with Gasteiger partial charge in [0, 0.05) is 38.6 Å². The van der Waals surface area contributed by atoms with Crippen LogP contribution in [0.4, 0.5) is 4.79 Å². The molecular weight excluding hydrogens is 358 g/mol. The molecule has 7 heteroatoms. The van der Waals surface area contributed by atoms with E-state index in [1.165, 1.54) is 0 Å². The molecule has 0 bridgehead atoms. The van der Waals surface area contributed by atoms with Gasteiger partial charge in [0.05, 0.1) is 12.7 Å². The molecule has 2 atom stereocenters. The van der Waals surface area contributed by atoms with Crippen LogP contribution in [0.2, 0.25) is 0 Å². The molecule has 1 aliphatic rings. The Hall–Kier alpha value is -2.12. The molecule has 1 aromatic rings. The van der Waals surface area contributed by atoms with Gasteiger partial charge in [-0.05, 0) is 24.3 Å². The third kappa shape index (κ3) is 8.71. The van der Waals surface area contributed by atoms with Gasteiger partial charge in [-0.15, -0.1) is 0 Å². The van der Waals surface area contributed by atoms with Gasteiger partial charge in [0.1, 0.15) is 0 Å². The summed E-state index contributed by atoms with van der Waals surface area (Å²) in [6.07, 6.45) is 0.988. The maximum Gasteiger partial charge on any atom is 0.315 e. The number of aliphatic carboxylic acids is 1. The first-order valence-corrected chi connectivity index (χ1v) is 10.1. The Morgan fingerprint density at radius 1 is 1.29 bits per heavy atom. The van der Waals surface area contributed by atoms with Crippen LogP contribution in [0.25, 0.3) is 0 Å². The summed E-state index contributed by atoms with van der Waals surface area (Å²) in [6.45, 7) is 8.27. The first kappa shape index (κ1) is 22.2. The second-order valence-corrected chi connectivity index (χ2v) is 7.82. The number of ether oxygens (including phenoxy) is 1. The van der Waals surface area contributed by atoms with Crippen LogP contribution in [-0.2, 0) is 16.0 Å². The zero-order valence-corrected chi connectivity index (χ0v) is 16.9. The number of rotatable bonds is 10. The highest BCUT2D eigenvalue weighted by Crippen LogP contribution is 2.09. The predicted molar refractivity (Wildman–Crippen MR) is 108 cm³/mol. The van der Waals surface area contributed by atoms with E-state index in [2.05, 4.69) is 29.4 Å². The number of hydrogen-bond acceptors (Lipinski definition) is 4. The van der Waals surface area contributed by atoms with Gasteiger partial charge in [-0.1, -0.05) is 44.2 Å². The lowest BCUT2D eigenvalue weighted by atomic mass is 10.0. The normalized spacial score (nSPS) is 18.6. The van der Waals surface area contributed by atoms with Gasteiger partial charge in [-0.3, -0.25) is 9.69 Å². The lowest BCUT2D eigenvalue weighted by molar-refractivity contribution is -0.137. The summed E-state index contributed by atoms with van der Waals surface area (Å²) in [7, 11) is 0. The van der Waals surface area contributed by atoms with Crippen molar-refractivity contribution in [3.63, 3.8) is 0 Å². The summed E-state index contributed by atoms with van der Waals surface area (Å²) < 4.78 is 5.76. The van der Waals surface area contributed by atoms with Crippen LogP contribution in [-0.4, -0.2) is 66.9 Å². The van der Waals surface area contributed by atoms with Gasteiger partial charge in [-0.25, -0.2) is 4.79 Å². The SMILES string of the molecule is CC(C)CN1CCOC(CNC(=O)NC(CCC(=O)O)Cc2ccccc2)C1. The number of carbonyl (C=O) groups is 2. The van der Waals surface area contributed by atoms with Gasteiger partial charge in [0.2, 0.25) is 0 Å². The van der Waals surface area contributed by atoms with E-state index in [1.807, 2.05) is 30.3 Å². The molecule has 0 spiro atoms. The third-order valence-electron chi connectivity index (χ3n) is 4.70. The van der Waals surface area contributed by atoms with E-state index in [-0.39, 0.29) is 24.6 Å². The molecule has 0 aliphatic carbocycles. The number of nitrogens with zero attached hydrogens (tertiary/aromatic N) is 1. The van der Waals surface area contributed by atoms with Crippen molar-refractivity contribution in [1.82, 2.24) is 15.5 Å². The number of urea groups is 1. The Morgan fingerprint density at radius 3 is 2.71 bits per heavy atom. The summed E-state index contributed by atoms with van der Waals surface area (Å²) in [4.78, 5) is 25.6. The van der Waals surface area contributed by atoms with Crippen molar-refractivity contribution in [1.29, 1.82) is 0 Å². The summed E-state index contributed by atoms with van der Waals surface area (Å²) in [5.41, 5.74) is 1.07. The number of benzene rings is 1. The fourth-order valence-corrected chi connectivity index (χ4v) is 3.45. The Labute approximate surface area is 167 Å². The molecule has 0 radical (unpaired) electrons. The molecule has 2 amide bonds. The summed E-state index contributed by atoms with van der Waals surface area (Å²) in [6, 6.07) is 9.25. The molecule has 0 saturated carbocycles. The summed E-state index contributed by atoms with van der Waals surface area (Å²) in [5, 5.41) is 14.8. The van der Waals surface area contributed by atoms with E-state index in [0.717, 1.165) is 25.2 Å². The molecule has 2 unspecified atom stereocenters. The lowest BCUT2D eigenvalue weighted by Crippen LogP contribution is -2.51. The Balaban J connectivity index is 1.80. The van der Waals surface area contributed by atoms with Crippen molar-refractivity contribution in [2.75, 3.05) is 32.8 Å². The van der Waals surface area contributed by atoms with Crippen LogP contribution in [0.3, 0.4) is 0 Å². The van der Waals surface area contributed by atoms with Crippen molar-refractivity contribution in [2.45, 2.75) is 45.3 Å². The fraction of sp³-hybridized carbons (Fsp3) is 0.619. The van der Waals surface area contributed by atoms with Crippen LogP contribution in [0, 0.1) is 5.92 Å². The topological polar surface area (TPSA) is 90.9 Å². The van der Waals surface area contributed by atoms with E-state index < -0.39 is 5.97 Å². The molecule has 1 saturated heterocycles. The molecule has 1 aromatic carbocycles. The number of nitrogens with one attached hydrogen (secondary N) is 2. The Kier molecular flexibility index (Phi) is 9.23. The molecule has 1 aliphatic heterocycles. The van der Waals surface area contributed by atoms with Gasteiger partial charge in [0.15, 0.2) is 0 Å². The fourth-order valence-electron chi connectivity index (χ4n) is 3.45. The molecule has 2 rings (SSSR count). The standard InChI is InChI=1S/C21H33N3O4/c1-16(2)14-24-10-11-28-19(15-24)13-22-21(27)23-18(8-9-20(25)26)12-17-6-4-3-5-7-17/h3-7,16,18-19H,8-15H2,1-2H3,(H,25,26)(H2,22,23,27). The highest BCUT2D eigenvalue weighted by molar-refractivity contribution is 5.74. The quantitative estimate of drug-likeness (QED) is 0.568. The van der Waals surface area contributed by atoms with Crippen molar-refractivity contribution in [3.05, 3.63) is 35.9 Å². The number of carboxylic acid groups (broad SMARTS) is 1. The van der Waals surface area contributed by atoms with E-state index in [1.54, 1.807) is 0 Å². The van der Waals surface area contributed by atoms with Crippen LogP contribution in [0.5, 0.6) is 0 Å². The molecule has 1 fully saturated rings. The molecule has 156 valence electrons. The largest absolute Gasteiger partial charge is 0.481 e. The number of amides is 2. The van der Waals surface area contributed by atoms with Crippen molar-refractivity contribution in [3.8, 4) is 0 Å². The second-order valence-electron chi connectivity index (χ2n) is 7.82. The average Bonchev–Trinajstić information content (AvgIpc) is 2.65. The number of morpholine rings is 1. The smallest absolute Gasteiger partial charge is 0.315 e. The van der Waals surface area contributed by atoms with Gasteiger partial charge in [-0.2, -0.15) is 0 Å². The van der Waals surface area contributed by atoms with E-state index in [9.17, 15) is 9.59 Å². The molecule has 28 heavy (non-hydrogen) atoms. The highest BCUT2D eigenvalue weighted by Gasteiger charge is 2.22. The van der Waals surface area contributed by atoms with Crippen molar-refractivity contribution in [2.24, 2.45) is 5.92 Å². The van der Waals surface area contributed by atoms with Crippen molar-refractivity contribution >= 4 is 12.0 Å². The van der Waals surface area contributed by atoms with E-state index >= 15 is 0 Å². The van der Waals surface area contributed by atoms with Crippen LogP contribution in [0.1, 0.15) is 32.3 Å². The minimum atomic E-state index is -0.860. The maximum atomic E-state index is 12.4.